The molecule has 1 heterocycles. The Hall–Kier alpha value is -1.83. The van der Waals surface area contributed by atoms with Crippen LogP contribution >= 0.6 is 27.5 Å². The summed E-state index contributed by atoms with van der Waals surface area (Å²) in [6.45, 7) is 2.87. The van der Waals surface area contributed by atoms with Crippen LogP contribution < -0.4 is 0 Å². The van der Waals surface area contributed by atoms with Crippen molar-refractivity contribution in [2.45, 2.75) is 13.5 Å². The first-order chi connectivity index (χ1) is 10.1. The van der Waals surface area contributed by atoms with Crippen LogP contribution in [0.4, 0.5) is 0 Å². The molecule has 0 saturated carbocycles. The number of hydrogen-bond acceptors (Lipinski definition) is 2. The van der Waals surface area contributed by atoms with Crippen molar-refractivity contribution in [3.05, 3.63) is 51.5 Å². The number of rotatable bonds is 2. The molecule has 5 heteroatoms. The maximum absolute atomic E-state index is 9.01. The number of aryl methyl sites for hydroxylation is 1. The molecule has 0 bridgehead atoms. The lowest BCUT2D eigenvalue weighted by molar-refractivity contribution is 0.796. The molecular formula is C16H11BrClN3. The number of hydrogen-bond donors (Lipinski definition) is 0. The van der Waals surface area contributed by atoms with Crippen molar-refractivity contribution in [1.29, 1.82) is 5.26 Å². The number of aromatic nitrogens is 2. The van der Waals surface area contributed by atoms with E-state index in [1.165, 1.54) is 0 Å². The normalized spacial score (nSPS) is 10.8. The fourth-order valence-electron chi connectivity index (χ4n) is 2.38. The molecule has 0 radical (unpaired) electrons. The standard InChI is InChI=1S/C16H11BrClN3/c1-2-21-15-6-3-10(9-19)7-14(15)20-16(21)11-4-5-12(17)13(18)8-11/h3-8H,2H2,1H3. The van der Waals surface area contributed by atoms with Gasteiger partial charge in [0.15, 0.2) is 0 Å². The van der Waals surface area contributed by atoms with Gasteiger partial charge in [0.25, 0.3) is 0 Å². The van der Waals surface area contributed by atoms with E-state index in [1.807, 2.05) is 36.4 Å². The van der Waals surface area contributed by atoms with E-state index in [0.29, 0.717) is 10.6 Å². The average molecular weight is 361 g/mol. The first-order valence-electron chi connectivity index (χ1n) is 6.50. The van der Waals surface area contributed by atoms with Crippen LogP contribution in [-0.4, -0.2) is 9.55 Å². The summed E-state index contributed by atoms with van der Waals surface area (Å²) in [6.07, 6.45) is 0. The molecule has 1 aromatic heterocycles. The van der Waals surface area contributed by atoms with Gasteiger partial charge in [-0.25, -0.2) is 4.98 Å². The number of fused-ring (bicyclic) bond motifs is 1. The van der Waals surface area contributed by atoms with E-state index in [-0.39, 0.29) is 0 Å². The third kappa shape index (κ3) is 2.44. The number of imidazole rings is 1. The van der Waals surface area contributed by atoms with Gasteiger partial charge in [-0.1, -0.05) is 17.7 Å². The van der Waals surface area contributed by atoms with Gasteiger partial charge in [-0.3, -0.25) is 0 Å². The van der Waals surface area contributed by atoms with Gasteiger partial charge in [0.1, 0.15) is 5.82 Å². The van der Waals surface area contributed by atoms with E-state index in [4.69, 9.17) is 16.9 Å². The lowest BCUT2D eigenvalue weighted by Gasteiger charge is -2.07. The van der Waals surface area contributed by atoms with Crippen LogP contribution in [0.2, 0.25) is 5.02 Å². The molecule has 3 aromatic rings. The lowest BCUT2D eigenvalue weighted by Crippen LogP contribution is -1.97. The van der Waals surface area contributed by atoms with Crippen LogP contribution in [0.1, 0.15) is 12.5 Å². The first kappa shape index (κ1) is 14.1. The summed E-state index contributed by atoms with van der Waals surface area (Å²) in [5.41, 5.74) is 3.42. The van der Waals surface area contributed by atoms with Gasteiger partial charge in [-0.15, -0.1) is 0 Å². The molecule has 0 amide bonds. The van der Waals surface area contributed by atoms with Crippen molar-refractivity contribution in [3.63, 3.8) is 0 Å². The molecule has 104 valence electrons. The van der Waals surface area contributed by atoms with E-state index < -0.39 is 0 Å². The van der Waals surface area contributed by atoms with Gasteiger partial charge in [0.2, 0.25) is 0 Å². The van der Waals surface area contributed by atoms with E-state index >= 15 is 0 Å². The van der Waals surface area contributed by atoms with Crippen LogP contribution in [0.25, 0.3) is 22.4 Å². The quantitative estimate of drug-likeness (QED) is 0.644. The molecule has 0 aliphatic carbocycles. The molecule has 2 aromatic carbocycles. The first-order valence-corrected chi connectivity index (χ1v) is 7.67. The van der Waals surface area contributed by atoms with Crippen molar-refractivity contribution >= 4 is 38.6 Å². The maximum atomic E-state index is 9.01. The Morgan fingerprint density at radius 2 is 2.10 bits per heavy atom. The maximum Gasteiger partial charge on any atom is 0.141 e. The second kappa shape index (κ2) is 5.51. The number of nitriles is 1. The van der Waals surface area contributed by atoms with E-state index in [2.05, 4.69) is 38.5 Å². The SMILES string of the molecule is CCn1c(-c2ccc(Br)c(Cl)c2)nc2cc(C#N)ccc21. The predicted octanol–water partition coefficient (Wildman–Crippen LogP) is 5.01. The van der Waals surface area contributed by atoms with Gasteiger partial charge >= 0.3 is 0 Å². The predicted molar refractivity (Wildman–Crippen MR) is 88.3 cm³/mol. The van der Waals surface area contributed by atoms with E-state index in [1.54, 1.807) is 0 Å². The minimum Gasteiger partial charge on any atom is -0.324 e. The molecular weight excluding hydrogens is 350 g/mol. The Morgan fingerprint density at radius 3 is 2.76 bits per heavy atom. The Kier molecular flexibility index (Phi) is 3.71. The molecule has 0 fully saturated rings. The van der Waals surface area contributed by atoms with Gasteiger partial charge in [0.05, 0.1) is 27.7 Å². The molecule has 3 nitrogen and oxygen atoms in total. The van der Waals surface area contributed by atoms with Crippen molar-refractivity contribution in [2.75, 3.05) is 0 Å². The van der Waals surface area contributed by atoms with E-state index in [0.717, 1.165) is 33.4 Å². The minimum atomic E-state index is 0.614. The number of benzene rings is 2. The Balaban J connectivity index is 2.26. The monoisotopic (exact) mass is 359 g/mol. The van der Waals surface area contributed by atoms with Crippen molar-refractivity contribution < 1.29 is 0 Å². The van der Waals surface area contributed by atoms with E-state index in [9.17, 15) is 0 Å². The zero-order valence-electron chi connectivity index (χ0n) is 11.3. The van der Waals surface area contributed by atoms with Gasteiger partial charge in [-0.2, -0.15) is 5.26 Å². The summed E-state index contributed by atoms with van der Waals surface area (Å²) >= 11 is 9.57. The molecule has 0 aliphatic heterocycles. The van der Waals surface area contributed by atoms with Gasteiger partial charge < -0.3 is 4.57 Å². The molecule has 0 unspecified atom stereocenters. The summed E-state index contributed by atoms with van der Waals surface area (Å²) in [7, 11) is 0. The highest BCUT2D eigenvalue weighted by Crippen LogP contribution is 2.30. The fraction of sp³-hybridized carbons (Fsp3) is 0.125. The second-order valence-corrected chi connectivity index (χ2v) is 5.89. The molecule has 0 N–H and O–H groups in total. The van der Waals surface area contributed by atoms with Crippen molar-refractivity contribution in [2.24, 2.45) is 0 Å². The fourth-order valence-corrected chi connectivity index (χ4v) is 2.80. The number of nitrogens with zero attached hydrogens (tertiary/aromatic N) is 3. The highest BCUT2D eigenvalue weighted by molar-refractivity contribution is 9.10. The summed E-state index contributed by atoms with van der Waals surface area (Å²) in [5.74, 6) is 0.858. The average Bonchev–Trinajstić information content (AvgIpc) is 2.87. The van der Waals surface area contributed by atoms with Crippen molar-refractivity contribution in [1.82, 2.24) is 9.55 Å². The zero-order chi connectivity index (χ0) is 15.0. The summed E-state index contributed by atoms with van der Waals surface area (Å²) in [5, 5.41) is 9.66. The lowest BCUT2D eigenvalue weighted by atomic mass is 10.2. The summed E-state index contributed by atoms with van der Waals surface area (Å²) in [4.78, 5) is 4.67. The van der Waals surface area contributed by atoms with Gasteiger partial charge in [-0.05, 0) is 53.2 Å². The van der Waals surface area contributed by atoms with Gasteiger partial charge in [0, 0.05) is 16.6 Å². The second-order valence-electron chi connectivity index (χ2n) is 4.62. The number of halogens is 2. The largest absolute Gasteiger partial charge is 0.324 e. The summed E-state index contributed by atoms with van der Waals surface area (Å²) < 4.78 is 2.98. The Labute approximate surface area is 135 Å². The minimum absolute atomic E-state index is 0.614. The zero-order valence-corrected chi connectivity index (χ0v) is 13.6. The molecule has 0 aliphatic rings. The molecule has 3 rings (SSSR count). The van der Waals surface area contributed by atoms with Crippen LogP contribution in [0.3, 0.4) is 0 Å². The molecule has 0 spiro atoms. The Morgan fingerprint density at radius 1 is 1.29 bits per heavy atom. The van der Waals surface area contributed by atoms with Crippen LogP contribution in [0.15, 0.2) is 40.9 Å². The molecule has 21 heavy (non-hydrogen) atoms. The third-order valence-electron chi connectivity index (χ3n) is 3.37. The Bertz CT molecular complexity index is 877. The third-order valence-corrected chi connectivity index (χ3v) is 4.60. The van der Waals surface area contributed by atoms with Crippen LogP contribution in [0.5, 0.6) is 0 Å². The van der Waals surface area contributed by atoms with Crippen molar-refractivity contribution in [3.8, 4) is 17.5 Å². The summed E-state index contributed by atoms with van der Waals surface area (Å²) in [6, 6.07) is 13.5. The molecule has 0 atom stereocenters. The van der Waals surface area contributed by atoms with Crippen LogP contribution in [0, 0.1) is 11.3 Å². The molecule has 0 saturated heterocycles. The van der Waals surface area contributed by atoms with Crippen LogP contribution in [-0.2, 0) is 6.54 Å². The highest BCUT2D eigenvalue weighted by atomic mass is 79.9. The topological polar surface area (TPSA) is 41.6 Å². The smallest absolute Gasteiger partial charge is 0.141 e. The highest BCUT2D eigenvalue weighted by Gasteiger charge is 2.13.